The van der Waals surface area contributed by atoms with E-state index in [0.717, 1.165) is 11.2 Å². The van der Waals surface area contributed by atoms with Crippen molar-refractivity contribution in [2.24, 2.45) is 5.73 Å². The van der Waals surface area contributed by atoms with E-state index in [2.05, 4.69) is 10.4 Å². The van der Waals surface area contributed by atoms with E-state index in [1.54, 1.807) is 22.8 Å². The predicted octanol–water partition coefficient (Wildman–Crippen LogP) is 3.20. The van der Waals surface area contributed by atoms with E-state index < -0.39 is 5.91 Å². The van der Waals surface area contributed by atoms with Crippen molar-refractivity contribution in [3.8, 4) is 0 Å². The summed E-state index contributed by atoms with van der Waals surface area (Å²) in [7, 11) is 0. The Morgan fingerprint density at radius 3 is 2.52 bits per heavy atom. The van der Waals surface area contributed by atoms with Crippen molar-refractivity contribution in [3.63, 3.8) is 0 Å². The van der Waals surface area contributed by atoms with Gasteiger partial charge < -0.3 is 11.1 Å². The van der Waals surface area contributed by atoms with Crippen LogP contribution in [-0.4, -0.2) is 15.5 Å². The molecule has 0 bridgehead atoms. The number of nitrogens with one attached hydrogen (secondary N) is 1. The lowest BCUT2D eigenvalue weighted by molar-refractivity contribution is 0.100. The van der Waals surface area contributed by atoms with Gasteiger partial charge in [-0.3, -0.25) is 4.79 Å². The monoisotopic (exact) mass is 282 g/mol. The number of nitrogens with two attached hydrogens (primary N) is 1. The summed E-state index contributed by atoms with van der Waals surface area (Å²) in [4.78, 5) is 11.1. The van der Waals surface area contributed by atoms with Gasteiger partial charge in [0.25, 0.3) is 0 Å². The minimum atomic E-state index is -0.443. The van der Waals surface area contributed by atoms with Gasteiger partial charge in [0.05, 0.1) is 5.52 Å². The minimum absolute atomic E-state index is 0.443. The molecule has 3 aromatic rings. The van der Waals surface area contributed by atoms with Crippen LogP contribution in [0, 0.1) is 0 Å². The number of aromatic nitrogens is 2. The highest BCUT2D eigenvalue weighted by molar-refractivity contribution is 5.94. The quantitative estimate of drug-likeness (QED) is 0.774. The molecule has 2 heterocycles. The first kappa shape index (κ1) is 14.6. The first-order chi connectivity index (χ1) is 10.2. The van der Waals surface area contributed by atoms with Gasteiger partial charge in [-0.25, -0.2) is 4.52 Å². The van der Waals surface area contributed by atoms with Crippen LogP contribution in [-0.2, 0) is 0 Å². The van der Waals surface area contributed by atoms with Crippen LogP contribution in [0.25, 0.3) is 5.52 Å². The summed E-state index contributed by atoms with van der Waals surface area (Å²) in [5.41, 5.74) is 7.50. The lowest BCUT2D eigenvalue weighted by Crippen LogP contribution is -2.10. The van der Waals surface area contributed by atoms with Crippen molar-refractivity contribution in [2.75, 3.05) is 5.32 Å². The van der Waals surface area contributed by atoms with Gasteiger partial charge in [-0.05, 0) is 24.3 Å². The van der Waals surface area contributed by atoms with E-state index in [1.165, 1.54) is 0 Å². The molecule has 0 fully saturated rings. The van der Waals surface area contributed by atoms with Crippen LogP contribution in [0.15, 0.2) is 54.7 Å². The number of primary amides is 1. The number of amides is 1. The summed E-state index contributed by atoms with van der Waals surface area (Å²) in [6.45, 7) is 4.00. The second-order valence-corrected chi connectivity index (χ2v) is 4.17. The van der Waals surface area contributed by atoms with E-state index in [9.17, 15) is 4.79 Å². The zero-order chi connectivity index (χ0) is 15.2. The summed E-state index contributed by atoms with van der Waals surface area (Å²) in [6, 6.07) is 15.0. The molecule has 0 unspecified atom stereocenters. The highest BCUT2D eigenvalue weighted by Crippen LogP contribution is 2.17. The molecule has 0 aliphatic carbocycles. The summed E-state index contributed by atoms with van der Waals surface area (Å²) in [5, 5.41) is 7.56. The molecule has 0 atom stereocenters. The van der Waals surface area contributed by atoms with Gasteiger partial charge in [-0.2, -0.15) is 5.10 Å². The largest absolute Gasteiger partial charge is 0.366 e. The number of fused-ring (bicyclic) bond motifs is 1. The molecule has 3 rings (SSSR count). The third-order valence-electron chi connectivity index (χ3n) is 2.79. The molecule has 0 spiro atoms. The minimum Gasteiger partial charge on any atom is -0.366 e. The Kier molecular flexibility index (Phi) is 4.56. The highest BCUT2D eigenvalue weighted by Gasteiger charge is 2.05. The number of carbonyl (C=O) groups excluding carboxylic acids is 1. The molecule has 0 saturated carbocycles. The number of anilines is 2. The van der Waals surface area contributed by atoms with Crippen LogP contribution in [0.5, 0.6) is 0 Å². The Morgan fingerprint density at radius 2 is 1.86 bits per heavy atom. The normalized spacial score (nSPS) is 9.81. The Hall–Kier alpha value is -2.82. The SMILES string of the molecule is CC.NC(=O)c1ccn2nc(Nc3ccccc3)cc2c1. The maximum atomic E-state index is 11.1. The summed E-state index contributed by atoms with van der Waals surface area (Å²) >= 11 is 0. The maximum Gasteiger partial charge on any atom is 0.248 e. The van der Waals surface area contributed by atoms with Crippen molar-refractivity contribution in [2.45, 2.75) is 13.8 Å². The van der Waals surface area contributed by atoms with Crippen LogP contribution < -0.4 is 11.1 Å². The Labute approximate surface area is 123 Å². The molecule has 108 valence electrons. The van der Waals surface area contributed by atoms with E-state index in [4.69, 9.17) is 5.73 Å². The topological polar surface area (TPSA) is 72.4 Å². The van der Waals surface area contributed by atoms with E-state index in [0.29, 0.717) is 11.4 Å². The Balaban J connectivity index is 0.000000774. The maximum absolute atomic E-state index is 11.1. The lowest BCUT2D eigenvalue weighted by atomic mass is 10.2. The number of rotatable bonds is 3. The lowest BCUT2D eigenvalue weighted by Gasteiger charge is -2.00. The van der Waals surface area contributed by atoms with Crippen molar-refractivity contribution in [1.29, 1.82) is 0 Å². The van der Waals surface area contributed by atoms with Crippen molar-refractivity contribution in [3.05, 3.63) is 60.3 Å². The van der Waals surface area contributed by atoms with E-state index in [1.807, 2.05) is 50.2 Å². The van der Waals surface area contributed by atoms with Crippen LogP contribution >= 0.6 is 0 Å². The third-order valence-corrected chi connectivity index (χ3v) is 2.79. The number of hydrogen-bond donors (Lipinski definition) is 2. The molecule has 0 saturated heterocycles. The van der Waals surface area contributed by atoms with Gasteiger partial charge >= 0.3 is 0 Å². The molecular weight excluding hydrogens is 264 g/mol. The van der Waals surface area contributed by atoms with Crippen LogP contribution in [0.1, 0.15) is 24.2 Å². The number of pyridine rings is 1. The summed E-state index contributed by atoms with van der Waals surface area (Å²) in [6.07, 6.45) is 1.71. The second kappa shape index (κ2) is 6.56. The predicted molar refractivity (Wildman–Crippen MR) is 84.8 cm³/mol. The highest BCUT2D eigenvalue weighted by atomic mass is 16.1. The van der Waals surface area contributed by atoms with Crippen molar-refractivity contribution >= 4 is 22.9 Å². The molecule has 0 aliphatic rings. The van der Waals surface area contributed by atoms with Gasteiger partial charge in [0.2, 0.25) is 5.91 Å². The average molecular weight is 282 g/mol. The van der Waals surface area contributed by atoms with Crippen LogP contribution in [0.2, 0.25) is 0 Å². The fourth-order valence-electron chi connectivity index (χ4n) is 1.88. The first-order valence-corrected chi connectivity index (χ1v) is 6.84. The molecule has 0 aliphatic heterocycles. The Bertz CT molecular complexity index is 734. The molecule has 1 amide bonds. The molecule has 2 aromatic heterocycles. The fourth-order valence-corrected chi connectivity index (χ4v) is 1.88. The van der Waals surface area contributed by atoms with Gasteiger partial charge in [0.1, 0.15) is 0 Å². The third kappa shape index (κ3) is 3.39. The summed E-state index contributed by atoms with van der Waals surface area (Å²) < 4.78 is 1.69. The van der Waals surface area contributed by atoms with E-state index >= 15 is 0 Å². The molecular formula is C16H18N4O. The zero-order valence-electron chi connectivity index (χ0n) is 12.1. The molecule has 0 radical (unpaired) electrons. The number of para-hydroxylation sites is 1. The van der Waals surface area contributed by atoms with Crippen molar-refractivity contribution in [1.82, 2.24) is 9.61 Å². The smallest absolute Gasteiger partial charge is 0.248 e. The van der Waals surface area contributed by atoms with Crippen molar-refractivity contribution < 1.29 is 4.79 Å². The number of nitrogens with zero attached hydrogens (tertiary/aromatic N) is 2. The van der Waals surface area contributed by atoms with Gasteiger partial charge in [0.15, 0.2) is 5.82 Å². The average Bonchev–Trinajstić information content (AvgIpc) is 2.91. The Morgan fingerprint density at radius 1 is 1.14 bits per heavy atom. The van der Waals surface area contributed by atoms with Gasteiger partial charge in [-0.15, -0.1) is 0 Å². The van der Waals surface area contributed by atoms with E-state index in [-0.39, 0.29) is 0 Å². The van der Waals surface area contributed by atoms with Gasteiger partial charge in [0, 0.05) is 23.5 Å². The number of carbonyl (C=O) groups is 1. The standard InChI is InChI=1S/C14H12N4O.C2H6/c15-14(19)10-6-7-18-12(8-10)9-13(17-18)16-11-4-2-1-3-5-11;1-2/h1-9H,(H2,15,19)(H,16,17);1-2H3. The number of benzene rings is 1. The van der Waals surface area contributed by atoms with Crippen LogP contribution in [0.3, 0.4) is 0 Å². The summed E-state index contributed by atoms with van der Waals surface area (Å²) in [5.74, 6) is 0.272. The molecule has 21 heavy (non-hydrogen) atoms. The molecule has 1 aromatic carbocycles. The fraction of sp³-hybridized carbons (Fsp3) is 0.125. The number of hydrogen-bond acceptors (Lipinski definition) is 3. The first-order valence-electron chi connectivity index (χ1n) is 6.84. The molecule has 5 nitrogen and oxygen atoms in total. The zero-order valence-corrected chi connectivity index (χ0v) is 12.1. The van der Waals surface area contributed by atoms with Gasteiger partial charge in [-0.1, -0.05) is 32.0 Å². The molecule has 5 heteroatoms. The second-order valence-electron chi connectivity index (χ2n) is 4.17. The molecule has 3 N–H and O–H groups in total. The van der Waals surface area contributed by atoms with Crippen LogP contribution in [0.4, 0.5) is 11.5 Å².